The normalized spacial score (nSPS) is 18.0. The number of hydrogen-bond acceptors (Lipinski definition) is 1. The Balaban J connectivity index is 7.84. The number of carboxylic acids is 1. The maximum absolute atomic E-state index is 14.0. The molecule has 0 spiro atoms. The third kappa shape index (κ3) is 2.91. The van der Waals surface area contributed by atoms with Gasteiger partial charge in [-0.2, -0.15) is 70.2 Å². The summed E-state index contributed by atoms with van der Waals surface area (Å²) < 4.78 is 216. The maximum atomic E-state index is 14.0. The molecule has 0 radical (unpaired) electrons. The molecule has 0 aromatic rings. The summed E-state index contributed by atoms with van der Waals surface area (Å²) >= 11 is 0. The van der Waals surface area contributed by atoms with Crippen LogP contribution in [0.5, 0.6) is 0 Å². The Kier molecular flexibility index (Phi) is 5.76. The van der Waals surface area contributed by atoms with Crippen LogP contribution in [0.2, 0.25) is 0 Å². The van der Waals surface area contributed by atoms with Crippen LogP contribution in [0.3, 0.4) is 0 Å². The van der Waals surface area contributed by atoms with Crippen molar-refractivity contribution in [2.75, 3.05) is 0 Å². The predicted octanol–water partition coefficient (Wildman–Crippen LogP) is 5.29. The number of hydrogen-bond donors (Lipinski definition) is 1. The highest BCUT2D eigenvalue weighted by Gasteiger charge is 3.02. The molecule has 0 rings (SSSR count). The second kappa shape index (κ2) is 6.14. The van der Waals surface area contributed by atoms with Crippen LogP contribution in [0.1, 0.15) is 0 Å². The topological polar surface area (TPSA) is 37.3 Å². The Morgan fingerprint density at radius 3 is 0.857 bits per heavy atom. The molecular formula is C9HF17O2. The van der Waals surface area contributed by atoms with Crippen LogP contribution >= 0.6 is 0 Å². The molecule has 0 aromatic heterocycles. The van der Waals surface area contributed by atoms with Gasteiger partial charge >= 0.3 is 53.6 Å². The van der Waals surface area contributed by atoms with Gasteiger partial charge in [-0.3, -0.25) is 0 Å². The highest BCUT2D eigenvalue weighted by atomic mass is 19.4. The molecule has 0 aliphatic rings. The number of carboxylic acid groups (broad SMARTS) is 1. The lowest BCUT2D eigenvalue weighted by Gasteiger charge is -2.48. The van der Waals surface area contributed by atoms with Crippen LogP contribution in [-0.2, 0) is 4.79 Å². The quantitative estimate of drug-likeness (QED) is 0.575. The van der Waals surface area contributed by atoms with E-state index in [9.17, 15) is 79.4 Å². The summed E-state index contributed by atoms with van der Waals surface area (Å²) in [5.41, 5.74) is -17.6. The Morgan fingerprint density at radius 2 is 0.714 bits per heavy atom. The van der Waals surface area contributed by atoms with E-state index >= 15 is 0 Å². The van der Waals surface area contributed by atoms with Crippen LogP contribution in [0.25, 0.3) is 0 Å². The minimum Gasteiger partial charge on any atom is -0.479 e. The lowest BCUT2D eigenvalue weighted by Crippen LogP contribution is -2.81. The van der Waals surface area contributed by atoms with Gasteiger partial charge in [0.25, 0.3) is 0 Å². The number of alkyl halides is 17. The molecule has 2 nitrogen and oxygen atoms in total. The second-order valence-electron chi connectivity index (χ2n) is 4.85. The fraction of sp³-hybridized carbons (Fsp3) is 0.889. The van der Waals surface area contributed by atoms with Crippen LogP contribution in [0, 0.1) is 5.41 Å². The SMILES string of the molecule is O=C(O)C(F)(C(F)(F)C(F)(F)C(F)(F)F)C(C(F)(F)F)(C(F)(F)F)C(F)(F)F. The molecule has 0 aromatic carbocycles. The zero-order valence-electron chi connectivity index (χ0n) is 11.8. The number of halogens is 17. The molecule has 0 amide bonds. The molecule has 1 unspecified atom stereocenters. The summed E-state index contributed by atoms with van der Waals surface area (Å²) in [5, 5.41) is 7.97. The first-order valence-electron chi connectivity index (χ1n) is 5.64. The summed E-state index contributed by atoms with van der Waals surface area (Å²) in [6, 6.07) is 0. The first-order valence-corrected chi connectivity index (χ1v) is 5.64. The van der Waals surface area contributed by atoms with Gasteiger partial charge < -0.3 is 5.11 Å². The molecule has 1 atom stereocenters. The molecule has 0 saturated carbocycles. The molecule has 1 N–H and O–H groups in total. The zero-order valence-corrected chi connectivity index (χ0v) is 11.8. The lowest BCUT2D eigenvalue weighted by molar-refractivity contribution is -0.487. The summed E-state index contributed by atoms with van der Waals surface area (Å²) in [6.07, 6.45) is -33.6. The first-order chi connectivity index (χ1) is 11.7. The minimum absolute atomic E-state index is 5.24. The summed E-state index contributed by atoms with van der Waals surface area (Å²) in [5.74, 6) is -22.4. The van der Waals surface area contributed by atoms with Crippen LogP contribution in [0.15, 0.2) is 0 Å². The molecule has 28 heavy (non-hydrogen) atoms. The van der Waals surface area contributed by atoms with Crippen molar-refractivity contribution in [2.24, 2.45) is 5.41 Å². The molecule has 0 saturated heterocycles. The van der Waals surface area contributed by atoms with E-state index in [0.717, 1.165) is 0 Å². The maximum Gasteiger partial charge on any atom is 0.460 e. The number of rotatable bonds is 4. The van der Waals surface area contributed by atoms with E-state index in [-0.39, 0.29) is 0 Å². The van der Waals surface area contributed by atoms with Gasteiger partial charge in [0.15, 0.2) is 0 Å². The minimum atomic E-state index is -8.90. The van der Waals surface area contributed by atoms with Gasteiger partial charge in [0.2, 0.25) is 0 Å². The lowest BCUT2D eigenvalue weighted by atomic mass is 9.65. The van der Waals surface area contributed by atoms with Gasteiger partial charge in [0.1, 0.15) is 0 Å². The Labute approximate surface area is 139 Å². The average Bonchev–Trinajstić information content (AvgIpc) is 2.30. The van der Waals surface area contributed by atoms with E-state index in [2.05, 4.69) is 0 Å². The van der Waals surface area contributed by atoms with Crippen LogP contribution in [0.4, 0.5) is 74.6 Å². The Hall–Kier alpha value is -1.72. The van der Waals surface area contributed by atoms with Crippen molar-refractivity contribution in [1.82, 2.24) is 0 Å². The summed E-state index contributed by atoms with van der Waals surface area (Å²) in [6.45, 7) is 0. The van der Waals surface area contributed by atoms with Crippen molar-refractivity contribution >= 4 is 5.97 Å². The van der Waals surface area contributed by atoms with E-state index in [1.165, 1.54) is 0 Å². The third-order valence-electron chi connectivity index (χ3n) is 3.27. The Morgan fingerprint density at radius 1 is 0.464 bits per heavy atom. The van der Waals surface area contributed by atoms with Gasteiger partial charge in [-0.05, 0) is 0 Å². The van der Waals surface area contributed by atoms with E-state index in [1.807, 2.05) is 0 Å². The van der Waals surface area contributed by atoms with Crippen molar-refractivity contribution in [2.45, 2.75) is 42.2 Å². The van der Waals surface area contributed by atoms with Crippen molar-refractivity contribution in [1.29, 1.82) is 0 Å². The molecule has 0 bridgehead atoms. The van der Waals surface area contributed by atoms with E-state index in [0.29, 0.717) is 0 Å². The van der Waals surface area contributed by atoms with Crippen molar-refractivity contribution in [3.8, 4) is 0 Å². The molecule has 168 valence electrons. The molecule has 0 fully saturated rings. The smallest absolute Gasteiger partial charge is 0.460 e. The third-order valence-corrected chi connectivity index (χ3v) is 3.27. The standard InChI is InChI=1S/C9HF17O2/c10-2(1(27)28,4(11,12)5(13,14)9(24,25)26)3(6(15,16)17,7(18,19)20)8(21,22)23/h(H,27,28). The monoisotopic (exact) mass is 464 g/mol. The second-order valence-corrected chi connectivity index (χ2v) is 4.85. The fourth-order valence-electron chi connectivity index (χ4n) is 1.99. The van der Waals surface area contributed by atoms with E-state index < -0.39 is 53.6 Å². The largest absolute Gasteiger partial charge is 0.479 e. The number of carbonyl (C=O) groups is 1. The van der Waals surface area contributed by atoms with Gasteiger partial charge in [-0.25, -0.2) is 9.18 Å². The Bertz CT molecular complexity index is 568. The number of aliphatic carboxylic acids is 1. The van der Waals surface area contributed by atoms with Gasteiger partial charge in [-0.1, -0.05) is 0 Å². The van der Waals surface area contributed by atoms with Gasteiger partial charge in [0, 0.05) is 0 Å². The molecule has 0 aliphatic carbocycles. The van der Waals surface area contributed by atoms with Gasteiger partial charge in [-0.15, -0.1) is 0 Å². The fourth-order valence-corrected chi connectivity index (χ4v) is 1.99. The first kappa shape index (κ1) is 26.3. The summed E-state index contributed by atoms with van der Waals surface area (Å²) in [7, 11) is 0. The van der Waals surface area contributed by atoms with Crippen LogP contribution in [-0.4, -0.2) is 53.3 Å². The highest BCUT2D eigenvalue weighted by molar-refractivity contribution is 5.81. The predicted molar refractivity (Wildman–Crippen MR) is 48.0 cm³/mol. The van der Waals surface area contributed by atoms with E-state index in [4.69, 9.17) is 5.11 Å². The van der Waals surface area contributed by atoms with Gasteiger partial charge in [0.05, 0.1) is 0 Å². The summed E-state index contributed by atoms with van der Waals surface area (Å²) in [4.78, 5) is 10.4. The highest BCUT2D eigenvalue weighted by Crippen LogP contribution is 2.71. The van der Waals surface area contributed by atoms with Crippen LogP contribution < -0.4 is 0 Å². The molecule has 0 heterocycles. The average molecular weight is 464 g/mol. The molecule has 0 aliphatic heterocycles. The molecular weight excluding hydrogens is 463 g/mol. The zero-order chi connectivity index (χ0) is 23.6. The van der Waals surface area contributed by atoms with Crippen molar-refractivity contribution in [3.05, 3.63) is 0 Å². The van der Waals surface area contributed by atoms with E-state index in [1.54, 1.807) is 0 Å². The van der Waals surface area contributed by atoms with Crippen molar-refractivity contribution < 1.29 is 84.5 Å². The molecule has 19 heteroatoms. The van der Waals surface area contributed by atoms with Crippen molar-refractivity contribution in [3.63, 3.8) is 0 Å².